The van der Waals surface area contributed by atoms with Crippen LogP contribution in [0.4, 0.5) is 0 Å². The highest BCUT2D eigenvalue weighted by molar-refractivity contribution is 5.87. The van der Waals surface area contributed by atoms with Crippen LogP contribution in [0.25, 0.3) is 0 Å². The molecule has 2 bridgehead atoms. The molecule has 12 unspecified atom stereocenters. The molecule has 2 aliphatic carbocycles. The van der Waals surface area contributed by atoms with Gasteiger partial charge < -0.3 is 50.0 Å². The van der Waals surface area contributed by atoms with Crippen molar-refractivity contribution in [2.75, 3.05) is 6.61 Å². The van der Waals surface area contributed by atoms with E-state index >= 15 is 0 Å². The Morgan fingerprint density at radius 1 is 1.00 bits per heavy atom. The number of carboxylic acid groups (broad SMARTS) is 1. The molecule has 2 aromatic rings. The lowest BCUT2D eigenvalue weighted by Crippen LogP contribution is -2.70. The number of fused-ring (bicyclic) bond motifs is 9. The second kappa shape index (κ2) is 16.1. The van der Waals surface area contributed by atoms with E-state index in [0.717, 1.165) is 17.5 Å². The Balaban J connectivity index is 1.28. The highest BCUT2D eigenvalue weighted by Gasteiger charge is 2.60. The van der Waals surface area contributed by atoms with Crippen molar-refractivity contribution in [3.05, 3.63) is 90.0 Å². The molecular weight excluding hydrogens is 668 g/mol. The topological polar surface area (TPSA) is 186 Å². The minimum atomic E-state index is -2.22. The Morgan fingerprint density at radius 3 is 2.42 bits per heavy atom. The molecule has 0 amide bonds. The zero-order valence-electron chi connectivity index (χ0n) is 29.2. The van der Waals surface area contributed by atoms with Crippen LogP contribution in [0, 0.1) is 35.7 Å². The van der Waals surface area contributed by atoms with Crippen LogP contribution in [0.15, 0.2) is 73.3 Å². The van der Waals surface area contributed by atoms with Gasteiger partial charge in [0.15, 0.2) is 5.60 Å². The Hall–Kier alpha value is -3.73. The minimum absolute atomic E-state index is 0.0188. The van der Waals surface area contributed by atoms with Crippen LogP contribution in [-0.2, 0) is 22.3 Å². The lowest BCUT2D eigenvalue weighted by atomic mass is 9.67. The molecule has 7 N–H and O–H groups in total. The van der Waals surface area contributed by atoms with Crippen molar-refractivity contribution in [3.8, 4) is 17.8 Å². The Bertz CT molecular complexity index is 1630. The summed E-state index contributed by atoms with van der Waals surface area (Å²) in [5.74, 6) is 1.03. The molecule has 0 radical (unpaired) electrons. The number of hydrogen-bond acceptors (Lipinski definition) is 10. The van der Waals surface area contributed by atoms with Gasteiger partial charge in [-0.1, -0.05) is 48.4 Å². The van der Waals surface area contributed by atoms with Gasteiger partial charge in [-0.25, -0.2) is 4.79 Å². The fourth-order valence-electron chi connectivity index (χ4n) is 8.68. The van der Waals surface area contributed by atoms with Crippen LogP contribution in [-0.4, -0.2) is 96.3 Å². The number of aliphatic hydroxyl groups is 6. The third-order valence-electron chi connectivity index (χ3n) is 11.4. The quantitative estimate of drug-likeness (QED) is 0.134. The van der Waals surface area contributed by atoms with Gasteiger partial charge in [0, 0.05) is 18.9 Å². The smallest absolute Gasteiger partial charge is 0.335 e. The molecule has 0 spiro atoms. The molecule has 12 atom stereocenters. The maximum atomic E-state index is 12.5. The van der Waals surface area contributed by atoms with Crippen LogP contribution < -0.4 is 4.74 Å². The Kier molecular flexibility index (Phi) is 11.8. The summed E-state index contributed by atoms with van der Waals surface area (Å²) in [5.41, 5.74) is -1.13. The van der Waals surface area contributed by atoms with Crippen molar-refractivity contribution in [2.45, 2.75) is 106 Å². The third kappa shape index (κ3) is 8.09. The van der Waals surface area contributed by atoms with Crippen molar-refractivity contribution in [1.82, 2.24) is 0 Å². The van der Waals surface area contributed by atoms with E-state index in [1.807, 2.05) is 24.3 Å². The first-order valence-electron chi connectivity index (χ1n) is 18.2. The minimum Gasteiger partial charge on any atom is -0.478 e. The number of hydrogen-bond donors (Lipinski definition) is 7. The summed E-state index contributed by atoms with van der Waals surface area (Å²) in [5, 5.41) is 78.2. The molecule has 7 rings (SSSR count). The van der Waals surface area contributed by atoms with E-state index < -0.39 is 65.8 Å². The summed E-state index contributed by atoms with van der Waals surface area (Å²) in [6, 6.07) is 13.9. The van der Waals surface area contributed by atoms with E-state index in [9.17, 15) is 40.5 Å². The third-order valence-corrected chi connectivity index (χ3v) is 11.4. The van der Waals surface area contributed by atoms with Gasteiger partial charge in [0.25, 0.3) is 0 Å². The number of ether oxygens (including phenoxy) is 3. The average Bonchev–Trinajstić information content (AvgIpc) is 3.46. The zero-order chi connectivity index (χ0) is 37.0. The van der Waals surface area contributed by atoms with Crippen LogP contribution >= 0.6 is 0 Å². The van der Waals surface area contributed by atoms with Gasteiger partial charge in [-0.05, 0) is 105 Å². The van der Waals surface area contributed by atoms with Crippen LogP contribution in [0.2, 0.25) is 0 Å². The molecule has 280 valence electrons. The molecule has 1 saturated heterocycles. The van der Waals surface area contributed by atoms with Crippen molar-refractivity contribution < 1.29 is 54.8 Å². The number of benzene rings is 2. The summed E-state index contributed by atoms with van der Waals surface area (Å²) < 4.78 is 18.4. The molecule has 3 heterocycles. The molecule has 5 aliphatic rings. The van der Waals surface area contributed by atoms with E-state index in [-0.39, 0.29) is 49.7 Å². The predicted molar refractivity (Wildman–Crippen MR) is 190 cm³/mol. The lowest BCUT2D eigenvalue weighted by molar-refractivity contribution is -0.334. The van der Waals surface area contributed by atoms with Crippen LogP contribution in [0.5, 0.6) is 5.75 Å². The maximum absolute atomic E-state index is 12.5. The van der Waals surface area contributed by atoms with E-state index in [1.165, 1.54) is 0 Å². The molecular formula is C41H50O11. The fourth-order valence-corrected chi connectivity index (χ4v) is 8.68. The Morgan fingerprint density at radius 2 is 1.73 bits per heavy atom. The largest absolute Gasteiger partial charge is 0.478 e. The van der Waals surface area contributed by atoms with E-state index in [1.54, 1.807) is 42.5 Å². The second-order valence-electron chi connectivity index (χ2n) is 15.0. The maximum Gasteiger partial charge on any atom is 0.335 e. The first-order valence-corrected chi connectivity index (χ1v) is 18.2. The van der Waals surface area contributed by atoms with Gasteiger partial charge in [0.1, 0.15) is 36.3 Å². The second-order valence-corrected chi connectivity index (χ2v) is 15.0. The average molecular weight is 719 g/mol. The number of aromatic carboxylic acids is 1. The van der Waals surface area contributed by atoms with Crippen molar-refractivity contribution in [1.29, 1.82) is 0 Å². The summed E-state index contributed by atoms with van der Waals surface area (Å²) in [4.78, 5) is 11.3. The van der Waals surface area contributed by atoms with Crippen molar-refractivity contribution in [2.24, 2.45) is 23.7 Å². The summed E-state index contributed by atoms with van der Waals surface area (Å²) in [7, 11) is 0. The standard InChI is InChI=1S/C41H50O11/c1-2-5-25-10-16-31(17-11-25)51-39-41(49)24-32(33(43)6-4-19-50-34(7-3-18-42)36(52-39)35(44)37(41)45)29-14-15-30-21-27(22-40(30,48)23-29)20-26-8-12-28(13-9-26)38(46)47/h2,8-17,27,29-30,32-37,39,42-45,48-49H,1,3,5-7,18,20-24H2,(H,46,47). The van der Waals surface area contributed by atoms with Gasteiger partial charge in [0.2, 0.25) is 6.29 Å². The lowest BCUT2D eigenvalue weighted by Gasteiger charge is -2.51. The summed E-state index contributed by atoms with van der Waals surface area (Å²) in [6.45, 7) is 3.62. The number of allylic oxidation sites excluding steroid dienone is 2. The molecule has 1 saturated carbocycles. The summed E-state index contributed by atoms with van der Waals surface area (Å²) >= 11 is 0. The van der Waals surface area contributed by atoms with Crippen molar-refractivity contribution >= 4 is 5.97 Å². The molecule has 11 nitrogen and oxygen atoms in total. The normalized spacial score (nSPS) is 37.0. The molecule has 52 heavy (non-hydrogen) atoms. The van der Waals surface area contributed by atoms with Crippen LogP contribution in [0.3, 0.4) is 0 Å². The molecule has 2 aromatic carbocycles. The number of carbonyl (C=O) groups is 1. The van der Waals surface area contributed by atoms with Gasteiger partial charge in [-0.15, -0.1) is 6.58 Å². The Labute approximate surface area is 304 Å². The first-order chi connectivity index (χ1) is 24.9. The number of carboxylic acids is 1. The fraction of sp³-hybridized carbons (Fsp3) is 0.537. The first kappa shape index (κ1) is 38.0. The van der Waals surface area contributed by atoms with Gasteiger partial charge in [-0.3, -0.25) is 0 Å². The highest BCUT2D eigenvalue weighted by atomic mass is 16.7. The molecule has 2 fully saturated rings. The highest BCUT2D eigenvalue weighted by Crippen LogP contribution is 2.51. The molecule has 0 aromatic heterocycles. The van der Waals surface area contributed by atoms with Gasteiger partial charge >= 0.3 is 5.97 Å². The molecule has 11 heteroatoms. The summed E-state index contributed by atoms with van der Waals surface area (Å²) in [6.07, 6.45) is 3.34. The molecule has 3 aliphatic heterocycles. The number of aliphatic hydroxyl groups excluding tert-OH is 4. The van der Waals surface area contributed by atoms with Gasteiger partial charge in [0.05, 0.1) is 17.3 Å². The SMILES string of the molecule is C=CCc1ccc(OC2OC3C(CCCO)OC#CCC(O)C(C4C=CC5CC(Cc6ccc(C(=O)O)cc6)CC5(O)C4)CC2(O)C(O)C3O)cc1. The predicted octanol–water partition coefficient (Wildman–Crippen LogP) is 3.14. The van der Waals surface area contributed by atoms with E-state index in [0.29, 0.717) is 31.4 Å². The van der Waals surface area contributed by atoms with Gasteiger partial charge in [-0.2, -0.15) is 0 Å². The number of rotatable bonds is 11. The van der Waals surface area contributed by atoms with E-state index in [2.05, 4.69) is 18.6 Å². The monoisotopic (exact) mass is 718 g/mol. The van der Waals surface area contributed by atoms with Crippen molar-refractivity contribution in [3.63, 3.8) is 0 Å². The van der Waals surface area contributed by atoms with Crippen LogP contribution in [0.1, 0.15) is 66.4 Å². The zero-order valence-corrected chi connectivity index (χ0v) is 29.2. The van der Waals surface area contributed by atoms with E-state index in [4.69, 9.17) is 14.2 Å².